The van der Waals surface area contributed by atoms with Crippen molar-refractivity contribution in [3.05, 3.63) is 47.0 Å². The van der Waals surface area contributed by atoms with Gasteiger partial charge in [0.05, 0.1) is 11.3 Å². The highest BCUT2D eigenvalue weighted by atomic mass is 35.5. The third-order valence-corrected chi connectivity index (χ3v) is 2.55. The highest BCUT2D eigenvalue weighted by molar-refractivity contribution is 6.33. The lowest BCUT2D eigenvalue weighted by Gasteiger charge is -2.06. The summed E-state index contributed by atoms with van der Waals surface area (Å²) in [6.07, 6.45) is 4.21. The van der Waals surface area contributed by atoms with Crippen LogP contribution in [0, 0.1) is 6.92 Å². The second-order valence-electron chi connectivity index (χ2n) is 3.23. The summed E-state index contributed by atoms with van der Waals surface area (Å²) in [5, 5.41) is 0.464. The Morgan fingerprint density at radius 3 is 2.87 bits per heavy atom. The Morgan fingerprint density at radius 2 is 2.27 bits per heavy atom. The number of carbonyl (C=O) groups excluding carboxylic acids is 1. The normalized spacial score (nSPS) is 10.3. The minimum atomic E-state index is 0.464. The molecule has 2 aromatic rings. The fraction of sp³-hybridized carbons (Fsp3) is 0.0909. The predicted octanol–water partition coefficient (Wildman–Crippen LogP) is 2.65. The van der Waals surface area contributed by atoms with Crippen LogP contribution in [0.2, 0.25) is 5.02 Å². The molecule has 3 nitrogen and oxygen atoms in total. The molecule has 1 heterocycles. The van der Waals surface area contributed by atoms with Crippen molar-refractivity contribution in [2.75, 3.05) is 0 Å². The van der Waals surface area contributed by atoms with Gasteiger partial charge in [-0.25, -0.2) is 4.98 Å². The molecule has 0 amide bonds. The number of halogens is 1. The summed E-state index contributed by atoms with van der Waals surface area (Å²) in [6, 6.07) is 5.30. The molecule has 0 fully saturated rings. The van der Waals surface area contributed by atoms with Gasteiger partial charge < -0.3 is 4.57 Å². The third kappa shape index (κ3) is 1.78. The van der Waals surface area contributed by atoms with Crippen molar-refractivity contribution in [2.24, 2.45) is 0 Å². The van der Waals surface area contributed by atoms with Crippen molar-refractivity contribution < 1.29 is 4.79 Å². The van der Waals surface area contributed by atoms with Crippen molar-refractivity contribution in [1.82, 2.24) is 9.55 Å². The first-order chi connectivity index (χ1) is 7.22. The number of benzene rings is 1. The van der Waals surface area contributed by atoms with Gasteiger partial charge >= 0.3 is 0 Å². The molecular weight excluding hydrogens is 212 g/mol. The molecule has 0 aliphatic rings. The maximum atomic E-state index is 10.7. The van der Waals surface area contributed by atoms with Gasteiger partial charge in [-0.2, -0.15) is 0 Å². The molecule has 0 saturated heterocycles. The second kappa shape index (κ2) is 3.87. The van der Waals surface area contributed by atoms with Crippen LogP contribution in [0.4, 0.5) is 0 Å². The highest BCUT2D eigenvalue weighted by Gasteiger charge is 2.04. The largest absolute Gasteiger partial charge is 0.304 e. The minimum absolute atomic E-state index is 0.464. The molecule has 0 unspecified atom stereocenters. The van der Waals surface area contributed by atoms with Crippen molar-refractivity contribution in [1.29, 1.82) is 0 Å². The molecule has 0 N–H and O–H groups in total. The Labute approximate surface area is 92.3 Å². The summed E-state index contributed by atoms with van der Waals surface area (Å²) < 4.78 is 1.89. The number of rotatable bonds is 2. The van der Waals surface area contributed by atoms with E-state index in [4.69, 9.17) is 11.6 Å². The van der Waals surface area contributed by atoms with Crippen molar-refractivity contribution in [3.8, 4) is 5.69 Å². The fourth-order valence-electron chi connectivity index (χ4n) is 1.40. The Balaban J connectivity index is 2.55. The number of aryl methyl sites for hydroxylation is 1. The fourth-order valence-corrected chi connectivity index (χ4v) is 1.56. The second-order valence-corrected chi connectivity index (χ2v) is 3.64. The van der Waals surface area contributed by atoms with Crippen LogP contribution in [-0.4, -0.2) is 15.8 Å². The maximum absolute atomic E-state index is 10.7. The van der Waals surface area contributed by atoms with Crippen LogP contribution in [0.1, 0.15) is 16.1 Å². The van der Waals surface area contributed by atoms with E-state index in [2.05, 4.69) is 4.98 Å². The molecule has 76 valence electrons. The van der Waals surface area contributed by atoms with Gasteiger partial charge in [0.15, 0.2) is 6.29 Å². The van der Waals surface area contributed by atoms with Gasteiger partial charge in [-0.1, -0.05) is 11.6 Å². The molecule has 1 aromatic heterocycles. The first kappa shape index (κ1) is 9.93. The molecule has 0 spiro atoms. The van der Waals surface area contributed by atoms with Crippen LogP contribution in [0.5, 0.6) is 0 Å². The number of hydrogen-bond donors (Lipinski definition) is 0. The van der Waals surface area contributed by atoms with Gasteiger partial charge in [-0.05, 0) is 25.1 Å². The summed E-state index contributed by atoms with van der Waals surface area (Å²) in [7, 11) is 0. The third-order valence-electron chi connectivity index (χ3n) is 2.21. The van der Waals surface area contributed by atoms with E-state index in [1.165, 1.54) is 0 Å². The van der Waals surface area contributed by atoms with Crippen LogP contribution in [0.3, 0.4) is 0 Å². The average molecular weight is 221 g/mol. The summed E-state index contributed by atoms with van der Waals surface area (Å²) in [5.74, 6) is 0. The van der Waals surface area contributed by atoms with Crippen molar-refractivity contribution in [2.45, 2.75) is 6.92 Å². The zero-order valence-electron chi connectivity index (χ0n) is 8.14. The Morgan fingerprint density at radius 1 is 1.47 bits per heavy atom. The van der Waals surface area contributed by atoms with Crippen LogP contribution in [0.15, 0.2) is 30.7 Å². The first-order valence-electron chi connectivity index (χ1n) is 4.46. The van der Waals surface area contributed by atoms with Crippen LogP contribution < -0.4 is 0 Å². The molecule has 4 heteroatoms. The molecule has 15 heavy (non-hydrogen) atoms. The number of aromatic nitrogens is 2. The van der Waals surface area contributed by atoms with Crippen LogP contribution >= 0.6 is 11.6 Å². The summed E-state index contributed by atoms with van der Waals surface area (Å²) >= 11 is 5.84. The Bertz CT molecular complexity index is 505. The maximum Gasteiger partial charge on any atom is 0.151 e. The molecule has 2 rings (SSSR count). The van der Waals surface area contributed by atoms with Gasteiger partial charge in [0.25, 0.3) is 0 Å². The molecule has 0 bridgehead atoms. The number of aldehydes is 1. The smallest absolute Gasteiger partial charge is 0.151 e. The van der Waals surface area contributed by atoms with Gasteiger partial charge in [-0.15, -0.1) is 0 Å². The zero-order valence-corrected chi connectivity index (χ0v) is 8.90. The standard InChI is InChI=1S/C11H9ClN2O/c1-8-5-13-7-14(8)10-2-3-11(12)9(4-10)6-15/h2-7H,1H3. The van der Waals surface area contributed by atoms with Crippen molar-refractivity contribution >= 4 is 17.9 Å². The van der Waals surface area contributed by atoms with E-state index in [-0.39, 0.29) is 0 Å². The van der Waals surface area contributed by atoms with Crippen LogP contribution in [0.25, 0.3) is 5.69 Å². The monoisotopic (exact) mass is 220 g/mol. The highest BCUT2D eigenvalue weighted by Crippen LogP contribution is 2.19. The van der Waals surface area contributed by atoms with Gasteiger partial charge in [-0.3, -0.25) is 4.79 Å². The number of nitrogens with zero attached hydrogens (tertiary/aromatic N) is 2. The molecule has 0 aliphatic heterocycles. The lowest BCUT2D eigenvalue weighted by atomic mass is 10.2. The van der Waals surface area contributed by atoms with Gasteiger partial charge in [0.2, 0.25) is 0 Å². The van der Waals surface area contributed by atoms with E-state index in [1.807, 2.05) is 17.6 Å². The van der Waals surface area contributed by atoms with E-state index in [0.29, 0.717) is 10.6 Å². The zero-order chi connectivity index (χ0) is 10.8. The van der Waals surface area contributed by atoms with Gasteiger partial charge in [0.1, 0.15) is 0 Å². The van der Waals surface area contributed by atoms with Gasteiger partial charge in [0, 0.05) is 23.1 Å². The lowest BCUT2D eigenvalue weighted by Crippen LogP contribution is -1.95. The topological polar surface area (TPSA) is 34.9 Å². The summed E-state index contributed by atoms with van der Waals surface area (Å²) in [6.45, 7) is 1.95. The quantitative estimate of drug-likeness (QED) is 0.730. The first-order valence-corrected chi connectivity index (χ1v) is 4.84. The van der Waals surface area contributed by atoms with E-state index in [1.54, 1.807) is 24.7 Å². The SMILES string of the molecule is Cc1cncn1-c1ccc(Cl)c(C=O)c1. The number of imidazole rings is 1. The molecular formula is C11H9ClN2O. The minimum Gasteiger partial charge on any atom is -0.304 e. The molecule has 1 aromatic carbocycles. The van der Waals surface area contributed by atoms with E-state index in [9.17, 15) is 4.79 Å². The van der Waals surface area contributed by atoms with Crippen molar-refractivity contribution in [3.63, 3.8) is 0 Å². The lowest BCUT2D eigenvalue weighted by molar-refractivity contribution is 0.112. The number of hydrogen-bond acceptors (Lipinski definition) is 2. The summed E-state index contributed by atoms with van der Waals surface area (Å²) in [5.41, 5.74) is 2.38. The predicted molar refractivity (Wildman–Crippen MR) is 58.7 cm³/mol. The van der Waals surface area contributed by atoms with E-state index in [0.717, 1.165) is 17.7 Å². The van der Waals surface area contributed by atoms with E-state index < -0.39 is 0 Å². The number of carbonyl (C=O) groups is 1. The summed E-state index contributed by atoms with van der Waals surface area (Å²) in [4.78, 5) is 14.7. The molecule has 0 atom stereocenters. The average Bonchev–Trinajstić information content (AvgIpc) is 2.65. The Kier molecular flexibility index (Phi) is 2.56. The molecule has 0 aliphatic carbocycles. The molecule has 0 saturated carbocycles. The van der Waals surface area contributed by atoms with E-state index >= 15 is 0 Å². The Hall–Kier alpha value is -1.61. The van der Waals surface area contributed by atoms with Crippen LogP contribution in [-0.2, 0) is 0 Å². The molecule has 0 radical (unpaired) electrons.